The Hall–Kier alpha value is -4.35. The molecule has 0 spiro atoms. The predicted molar refractivity (Wildman–Crippen MR) is 135 cm³/mol. The monoisotopic (exact) mass is 528 g/mol. The zero-order chi connectivity index (χ0) is 26.7. The van der Waals surface area contributed by atoms with E-state index in [0.29, 0.717) is 36.7 Å². The first-order valence-electron chi connectivity index (χ1n) is 11.3. The van der Waals surface area contributed by atoms with Gasteiger partial charge in [0.25, 0.3) is 0 Å². The van der Waals surface area contributed by atoms with Crippen LogP contribution in [-0.4, -0.2) is 75.6 Å². The van der Waals surface area contributed by atoms with E-state index in [4.69, 9.17) is 17.3 Å². The smallest absolute Gasteiger partial charge is 0.407 e. The van der Waals surface area contributed by atoms with Gasteiger partial charge in [0.1, 0.15) is 6.07 Å². The molecule has 0 radical (unpaired) electrons. The number of methoxy groups -OCH3 is 1. The van der Waals surface area contributed by atoms with Gasteiger partial charge in [-0.3, -0.25) is 4.79 Å². The third kappa shape index (κ3) is 5.27. The third-order valence-electron chi connectivity index (χ3n) is 5.82. The van der Waals surface area contributed by atoms with Crippen molar-refractivity contribution in [3.8, 4) is 6.07 Å². The molecule has 37 heavy (non-hydrogen) atoms. The maximum absolute atomic E-state index is 12.1. The fraction of sp³-hybridized carbons (Fsp3) is 0.364. The van der Waals surface area contributed by atoms with Gasteiger partial charge in [0.05, 0.1) is 41.8 Å². The molecule has 0 bridgehead atoms. The number of primary amides is 1. The lowest BCUT2D eigenvalue weighted by atomic mass is 10.0. The maximum Gasteiger partial charge on any atom is 0.407 e. The molecule has 1 aliphatic heterocycles. The van der Waals surface area contributed by atoms with Crippen molar-refractivity contribution in [1.29, 1.82) is 5.26 Å². The average molecular weight is 529 g/mol. The summed E-state index contributed by atoms with van der Waals surface area (Å²) in [7, 11) is 1.25. The molecule has 6 N–H and O–H groups in total. The summed E-state index contributed by atoms with van der Waals surface area (Å²) in [4.78, 5) is 34.1. The van der Waals surface area contributed by atoms with Crippen molar-refractivity contribution in [2.75, 3.05) is 42.3 Å². The van der Waals surface area contributed by atoms with Gasteiger partial charge < -0.3 is 36.4 Å². The second kappa shape index (κ2) is 10.7. The molecule has 1 saturated heterocycles. The molecule has 1 fully saturated rings. The van der Waals surface area contributed by atoms with Crippen LogP contribution < -0.4 is 26.6 Å². The summed E-state index contributed by atoms with van der Waals surface area (Å²) in [5.41, 5.74) is 7.06. The number of carbonyl (C=O) groups is 2. The lowest BCUT2D eigenvalue weighted by Crippen LogP contribution is -2.54. The molecular formula is C22H25ClN10O4. The van der Waals surface area contributed by atoms with E-state index < -0.39 is 24.1 Å². The number of amides is 2. The van der Waals surface area contributed by atoms with E-state index in [-0.39, 0.29) is 34.5 Å². The van der Waals surface area contributed by atoms with Crippen LogP contribution in [0, 0.1) is 11.3 Å². The molecule has 1 aromatic carbocycles. The minimum atomic E-state index is -0.920. The summed E-state index contributed by atoms with van der Waals surface area (Å²) in [5.74, 6) is -0.199. The maximum atomic E-state index is 12.1. The van der Waals surface area contributed by atoms with Crippen molar-refractivity contribution in [3.05, 3.63) is 34.6 Å². The van der Waals surface area contributed by atoms with Crippen molar-refractivity contribution in [1.82, 2.24) is 24.9 Å². The lowest BCUT2D eigenvalue weighted by Gasteiger charge is -2.38. The standard InChI is InChI=1S/C22H25ClN10O4/c1-3-26-19-20-27-9-12(8-24)33(20)31-21(30-19)28-14-6-11(18(25)35)7-15(17(14)23)32-5-4-13(16(34)10-32)29-22(36)37-2/h6-7,9,13,16,34H,3-5,10H2,1-2H3,(H2,25,35)(H,29,36)(H2,26,28,30,31)/t13-,16-/m0/s1. The Morgan fingerprint density at radius 3 is 2.84 bits per heavy atom. The molecule has 0 unspecified atom stereocenters. The van der Waals surface area contributed by atoms with Gasteiger partial charge in [0.15, 0.2) is 17.2 Å². The van der Waals surface area contributed by atoms with Crippen molar-refractivity contribution in [2.45, 2.75) is 25.5 Å². The lowest BCUT2D eigenvalue weighted by molar-refractivity contribution is 0.0999. The molecule has 1 aliphatic rings. The van der Waals surface area contributed by atoms with Crippen molar-refractivity contribution in [2.24, 2.45) is 5.73 Å². The van der Waals surface area contributed by atoms with Gasteiger partial charge in [0.2, 0.25) is 11.9 Å². The first kappa shape index (κ1) is 25.7. The Bertz CT molecular complexity index is 1390. The molecule has 4 rings (SSSR count). The largest absolute Gasteiger partial charge is 0.453 e. The molecular weight excluding hydrogens is 504 g/mol. The average Bonchev–Trinajstić information content (AvgIpc) is 3.29. The number of hydrogen-bond acceptors (Lipinski definition) is 11. The SMILES string of the molecule is CCNc1nc(Nc2cc(C(N)=O)cc(N3CC[C@H](NC(=O)OC)[C@@H](O)C3)c2Cl)nn2c(C#N)cnc12. The van der Waals surface area contributed by atoms with Crippen LogP contribution in [0.5, 0.6) is 0 Å². The second-order valence-corrected chi connectivity index (χ2v) is 8.57. The number of aromatic nitrogens is 4. The number of carbonyl (C=O) groups excluding carboxylic acids is 2. The number of aliphatic hydroxyl groups is 1. The summed E-state index contributed by atoms with van der Waals surface area (Å²) < 4.78 is 5.95. The number of anilines is 4. The van der Waals surface area contributed by atoms with E-state index >= 15 is 0 Å². The molecule has 14 nitrogen and oxygen atoms in total. The first-order chi connectivity index (χ1) is 17.7. The number of halogens is 1. The number of β-amino-alcohol motifs (C(OH)–C–C–N with tert-alkyl or cyclic N) is 1. The third-order valence-corrected chi connectivity index (χ3v) is 6.21. The Balaban J connectivity index is 1.69. The highest BCUT2D eigenvalue weighted by Gasteiger charge is 2.31. The van der Waals surface area contributed by atoms with E-state index in [1.807, 2.05) is 13.0 Å². The van der Waals surface area contributed by atoms with Gasteiger partial charge in [-0.1, -0.05) is 11.6 Å². The normalized spacial score (nSPS) is 17.2. The van der Waals surface area contributed by atoms with E-state index in [0.717, 1.165) is 0 Å². The molecule has 2 amide bonds. The number of alkyl carbamates (subject to hydrolysis) is 1. The number of piperidine rings is 1. The van der Waals surface area contributed by atoms with Crippen molar-refractivity contribution < 1.29 is 19.4 Å². The zero-order valence-electron chi connectivity index (χ0n) is 20.0. The number of nitrogens with two attached hydrogens (primary N) is 1. The molecule has 3 heterocycles. The number of fused-ring (bicyclic) bond motifs is 1. The van der Waals surface area contributed by atoms with Crippen LogP contribution in [0.25, 0.3) is 5.65 Å². The van der Waals surface area contributed by atoms with E-state index in [2.05, 4.69) is 35.8 Å². The fourth-order valence-electron chi connectivity index (χ4n) is 4.02. The number of nitriles is 1. The van der Waals surface area contributed by atoms with Crippen LogP contribution >= 0.6 is 11.6 Å². The van der Waals surface area contributed by atoms with Gasteiger partial charge in [-0.15, -0.1) is 5.10 Å². The minimum absolute atomic E-state index is 0.0911. The van der Waals surface area contributed by atoms with Crippen LogP contribution in [0.2, 0.25) is 5.02 Å². The molecule has 15 heteroatoms. The van der Waals surface area contributed by atoms with Crippen LogP contribution in [-0.2, 0) is 4.74 Å². The summed E-state index contributed by atoms with van der Waals surface area (Å²) in [6.07, 6.45) is 0.234. The first-order valence-corrected chi connectivity index (χ1v) is 11.7. The number of benzene rings is 1. The quantitative estimate of drug-likeness (QED) is 0.295. The highest BCUT2D eigenvalue weighted by Crippen LogP contribution is 2.37. The highest BCUT2D eigenvalue weighted by molar-refractivity contribution is 6.36. The Kier molecular flexibility index (Phi) is 7.46. The van der Waals surface area contributed by atoms with Crippen molar-refractivity contribution >= 4 is 52.4 Å². The Morgan fingerprint density at radius 2 is 2.19 bits per heavy atom. The molecule has 194 valence electrons. The number of hydrogen-bond donors (Lipinski definition) is 5. The van der Waals surface area contributed by atoms with Gasteiger partial charge >= 0.3 is 6.09 Å². The Morgan fingerprint density at radius 1 is 1.41 bits per heavy atom. The van der Waals surface area contributed by atoms with Gasteiger partial charge in [-0.05, 0) is 25.5 Å². The number of ether oxygens (including phenoxy) is 1. The second-order valence-electron chi connectivity index (χ2n) is 8.20. The van der Waals surface area contributed by atoms with Crippen LogP contribution in [0.15, 0.2) is 18.3 Å². The predicted octanol–water partition coefficient (Wildman–Crippen LogP) is 1.22. The Labute approximate surface area is 216 Å². The molecule has 0 aliphatic carbocycles. The zero-order valence-corrected chi connectivity index (χ0v) is 20.8. The van der Waals surface area contributed by atoms with E-state index in [1.54, 1.807) is 4.90 Å². The topological polar surface area (TPSA) is 196 Å². The van der Waals surface area contributed by atoms with Gasteiger partial charge in [0, 0.05) is 25.2 Å². The van der Waals surface area contributed by atoms with E-state index in [1.165, 1.54) is 30.0 Å². The number of imidazole rings is 1. The molecule has 2 aromatic heterocycles. The fourth-order valence-corrected chi connectivity index (χ4v) is 4.29. The number of aliphatic hydroxyl groups excluding tert-OH is 1. The van der Waals surface area contributed by atoms with Crippen LogP contribution in [0.1, 0.15) is 29.4 Å². The van der Waals surface area contributed by atoms with Crippen LogP contribution in [0.3, 0.4) is 0 Å². The minimum Gasteiger partial charge on any atom is -0.453 e. The van der Waals surface area contributed by atoms with E-state index in [9.17, 15) is 20.0 Å². The summed E-state index contributed by atoms with van der Waals surface area (Å²) >= 11 is 6.75. The van der Waals surface area contributed by atoms with Gasteiger partial charge in [-0.25, -0.2) is 9.78 Å². The molecule has 3 aromatic rings. The molecule has 0 saturated carbocycles. The van der Waals surface area contributed by atoms with Crippen LogP contribution in [0.4, 0.5) is 27.9 Å². The number of nitrogens with zero attached hydrogens (tertiary/aromatic N) is 6. The number of nitrogens with one attached hydrogen (secondary N) is 3. The van der Waals surface area contributed by atoms with Crippen molar-refractivity contribution in [3.63, 3.8) is 0 Å². The number of rotatable bonds is 7. The highest BCUT2D eigenvalue weighted by atomic mass is 35.5. The summed E-state index contributed by atoms with van der Waals surface area (Å²) in [6.45, 7) is 2.98. The summed E-state index contributed by atoms with van der Waals surface area (Å²) in [5, 5.41) is 33.3. The summed E-state index contributed by atoms with van der Waals surface area (Å²) in [6, 6.07) is 4.52. The van der Waals surface area contributed by atoms with Gasteiger partial charge in [-0.2, -0.15) is 14.8 Å². The molecule has 2 atom stereocenters.